The standard InChI is InChI=1S/C12H12O5/c1-7-5-8(17-2)3-4-9(7)10(13)6-11(14)12(15)16/h3-6,13H,1-2H3,(H,15,16)/b10-6-. The number of carbonyl (C=O) groups excluding carboxylic acids is 1. The first-order valence-corrected chi connectivity index (χ1v) is 4.78. The summed E-state index contributed by atoms with van der Waals surface area (Å²) in [6, 6.07) is 4.83. The second kappa shape index (κ2) is 5.16. The van der Waals surface area contributed by atoms with Crippen molar-refractivity contribution in [1.29, 1.82) is 0 Å². The third kappa shape index (κ3) is 3.07. The monoisotopic (exact) mass is 236 g/mol. The average molecular weight is 236 g/mol. The summed E-state index contributed by atoms with van der Waals surface area (Å²) in [7, 11) is 1.51. The number of benzene rings is 1. The zero-order chi connectivity index (χ0) is 13.0. The highest BCUT2D eigenvalue weighted by Crippen LogP contribution is 2.21. The molecule has 0 bridgehead atoms. The van der Waals surface area contributed by atoms with Crippen LogP contribution in [-0.2, 0) is 9.59 Å². The molecule has 0 amide bonds. The van der Waals surface area contributed by atoms with Crippen molar-refractivity contribution in [3.8, 4) is 5.75 Å². The van der Waals surface area contributed by atoms with E-state index < -0.39 is 11.8 Å². The molecular weight excluding hydrogens is 224 g/mol. The summed E-state index contributed by atoms with van der Waals surface area (Å²) in [5.41, 5.74) is 1.07. The van der Waals surface area contributed by atoms with Gasteiger partial charge in [-0.2, -0.15) is 0 Å². The smallest absolute Gasteiger partial charge is 0.376 e. The van der Waals surface area contributed by atoms with Gasteiger partial charge < -0.3 is 14.9 Å². The molecular formula is C12H12O5. The van der Waals surface area contributed by atoms with Crippen LogP contribution < -0.4 is 4.74 Å². The van der Waals surface area contributed by atoms with Crippen molar-refractivity contribution in [2.75, 3.05) is 7.11 Å². The highest BCUT2D eigenvalue weighted by molar-refractivity contribution is 6.38. The van der Waals surface area contributed by atoms with Gasteiger partial charge in [0.05, 0.1) is 7.11 Å². The molecule has 90 valence electrons. The molecule has 0 aliphatic heterocycles. The van der Waals surface area contributed by atoms with Gasteiger partial charge in [0.1, 0.15) is 11.5 Å². The maximum Gasteiger partial charge on any atom is 0.376 e. The summed E-state index contributed by atoms with van der Waals surface area (Å²) in [6.45, 7) is 1.72. The molecule has 17 heavy (non-hydrogen) atoms. The number of hydrogen-bond donors (Lipinski definition) is 2. The fourth-order valence-corrected chi connectivity index (χ4v) is 1.31. The van der Waals surface area contributed by atoms with Crippen LogP contribution in [0.3, 0.4) is 0 Å². The summed E-state index contributed by atoms with van der Waals surface area (Å²) in [5, 5.41) is 18.0. The Morgan fingerprint density at radius 1 is 1.29 bits per heavy atom. The largest absolute Gasteiger partial charge is 0.507 e. The van der Waals surface area contributed by atoms with Gasteiger partial charge in [0.15, 0.2) is 0 Å². The minimum absolute atomic E-state index is 0.377. The Morgan fingerprint density at radius 3 is 2.41 bits per heavy atom. The van der Waals surface area contributed by atoms with Gasteiger partial charge in [0, 0.05) is 11.6 Å². The van der Waals surface area contributed by atoms with Crippen LogP contribution in [0.15, 0.2) is 24.3 Å². The van der Waals surface area contributed by atoms with E-state index in [0.717, 1.165) is 0 Å². The fraction of sp³-hybridized carbons (Fsp3) is 0.167. The molecule has 5 heteroatoms. The van der Waals surface area contributed by atoms with Crippen LogP contribution in [-0.4, -0.2) is 29.1 Å². The first kappa shape index (κ1) is 12.8. The van der Waals surface area contributed by atoms with E-state index in [0.29, 0.717) is 23.0 Å². The van der Waals surface area contributed by atoms with Crippen molar-refractivity contribution >= 4 is 17.5 Å². The Morgan fingerprint density at radius 2 is 1.94 bits per heavy atom. The van der Waals surface area contributed by atoms with Crippen molar-refractivity contribution in [3.63, 3.8) is 0 Å². The minimum atomic E-state index is -1.61. The van der Waals surface area contributed by atoms with Gasteiger partial charge >= 0.3 is 5.97 Å². The average Bonchev–Trinajstić information content (AvgIpc) is 2.28. The van der Waals surface area contributed by atoms with E-state index >= 15 is 0 Å². The summed E-state index contributed by atoms with van der Waals surface area (Å²) in [4.78, 5) is 21.2. The molecule has 5 nitrogen and oxygen atoms in total. The molecule has 0 atom stereocenters. The summed E-state index contributed by atoms with van der Waals surface area (Å²) < 4.78 is 4.99. The van der Waals surface area contributed by atoms with E-state index in [-0.39, 0.29) is 5.76 Å². The number of aliphatic hydroxyl groups is 1. The molecule has 0 heterocycles. The van der Waals surface area contributed by atoms with Crippen LogP contribution in [0.25, 0.3) is 5.76 Å². The number of aryl methyl sites for hydroxylation is 1. The second-order valence-electron chi connectivity index (χ2n) is 3.38. The van der Waals surface area contributed by atoms with E-state index in [1.54, 1.807) is 25.1 Å². The van der Waals surface area contributed by atoms with Crippen molar-refractivity contribution < 1.29 is 24.5 Å². The highest BCUT2D eigenvalue weighted by Gasteiger charge is 2.12. The first-order chi connectivity index (χ1) is 7.95. The molecule has 1 rings (SSSR count). The van der Waals surface area contributed by atoms with Crippen LogP contribution in [0.1, 0.15) is 11.1 Å². The Labute approximate surface area is 98.0 Å². The van der Waals surface area contributed by atoms with Crippen molar-refractivity contribution in [3.05, 3.63) is 35.4 Å². The number of carboxylic acids is 1. The SMILES string of the molecule is COc1ccc(/C(O)=C/C(=O)C(=O)O)c(C)c1. The summed E-state index contributed by atoms with van der Waals surface area (Å²) >= 11 is 0. The van der Waals surface area contributed by atoms with Gasteiger partial charge in [-0.15, -0.1) is 0 Å². The van der Waals surface area contributed by atoms with Crippen LogP contribution in [0.4, 0.5) is 0 Å². The summed E-state index contributed by atoms with van der Waals surface area (Å²) in [6.07, 6.45) is 0.678. The van der Waals surface area contributed by atoms with Crippen LogP contribution in [0.5, 0.6) is 5.75 Å². The molecule has 1 aromatic rings. The lowest BCUT2D eigenvalue weighted by molar-refractivity contribution is -0.146. The maximum atomic E-state index is 10.9. The van der Waals surface area contributed by atoms with E-state index in [4.69, 9.17) is 9.84 Å². The Bertz CT molecular complexity index is 488. The highest BCUT2D eigenvalue weighted by atomic mass is 16.5. The third-order valence-corrected chi connectivity index (χ3v) is 2.19. The number of methoxy groups -OCH3 is 1. The predicted molar refractivity (Wildman–Crippen MR) is 61.0 cm³/mol. The Balaban J connectivity index is 3.08. The Hall–Kier alpha value is -2.30. The van der Waals surface area contributed by atoms with Gasteiger partial charge in [0.2, 0.25) is 0 Å². The molecule has 0 radical (unpaired) electrons. The second-order valence-corrected chi connectivity index (χ2v) is 3.38. The summed E-state index contributed by atoms with van der Waals surface area (Å²) in [5.74, 6) is -2.54. The zero-order valence-corrected chi connectivity index (χ0v) is 9.43. The lowest BCUT2D eigenvalue weighted by Gasteiger charge is -2.06. The molecule has 0 saturated heterocycles. The maximum absolute atomic E-state index is 10.9. The molecule has 0 fully saturated rings. The predicted octanol–water partition coefficient (Wildman–Crippen LogP) is 1.56. The van der Waals surface area contributed by atoms with Crippen molar-refractivity contribution in [2.45, 2.75) is 6.92 Å². The molecule has 0 unspecified atom stereocenters. The number of aliphatic carboxylic acids is 1. The first-order valence-electron chi connectivity index (χ1n) is 4.78. The number of carbonyl (C=O) groups is 2. The molecule has 2 N–H and O–H groups in total. The van der Waals surface area contributed by atoms with Gasteiger partial charge in [0.25, 0.3) is 5.78 Å². The number of hydrogen-bond acceptors (Lipinski definition) is 4. The van der Waals surface area contributed by atoms with E-state index in [2.05, 4.69) is 0 Å². The van der Waals surface area contributed by atoms with Crippen molar-refractivity contribution in [1.82, 2.24) is 0 Å². The number of ether oxygens (including phenoxy) is 1. The topological polar surface area (TPSA) is 83.8 Å². The molecule has 0 saturated carbocycles. The molecule has 1 aromatic carbocycles. The Kier molecular flexibility index (Phi) is 3.87. The van der Waals surface area contributed by atoms with Crippen LogP contribution in [0.2, 0.25) is 0 Å². The minimum Gasteiger partial charge on any atom is -0.507 e. The quantitative estimate of drug-likeness (QED) is 0.471. The van der Waals surface area contributed by atoms with E-state index in [9.17, 15) is 14.7 Å². The normalized spacial score (nSPS) is 11.1. The fourth-order valence-electron chi connectivity index (χ4n) is 1.31. The van der Waals surface area contributed by atoms with Gasteiger partial charge in [-0.3, -0.25) is 4.79 Å². The number of aliphatic hydroxyl groups excluding tert-OH is 1. The molecule has 0 aliphatic carbocycles. The van der Waals surface area contributed by atoms with Crippen LogP contribution >= 0.6 is 0 Å². The lowest BCUT2D eigenvalue weighted by Crippen LogP contribution is -2.09. The lowest BCUT2D eigenvalue weighted by atomic mass is 10.1. The number of carboxylic acid groups (broad SMARTS) is 1. The molecule has 0 aliphatic rings. The number of ketones is 1. The van der Waals surface area contributed by atoms with E-state index in [1.807, 2.05) is 0 Å². The van der Waals surface area contributed by atoms with Crippen molar-refractivity contribution in [2.24, 2.45) is 0 Å². The van der Waals surface area contributed by atoms with Crippen LogP contribution in [0, 0.1) is 6.92 Å². The van der Waals surface area contributed by atoms with Gasteiger partial charge in [-0.05, 0) is 30.7 Å². The van der Waals surface area contributed by atoms with Gasteiger partial charge in [-0.1, -0.05) is 0 Å². The molecule has 0 spiro atoms. The number of rotatable bonds is 4. The zero-order valence-electron chi connectivity index (χ0n) is 9.43. The molecule has 0 aromatic heterocycles. The third-order valence-electron chi connectivity index (χ3n) is 2.19. The van der Waals surface area contributed by atoms with E-state index in [1.165, 1.54) is 7.11 Å². The van der Waals surface area contributed by atoms with Gasteiger partial charge in [-0.25, -0.2) is 4.79 Å².